The molecule has 0 N–H and O–H groups in total. The van der Waals surface area contributed by atoms with Crippen LogP contribution >= 0.6 is 0 Å². The minimum Gasteiger partial charge on any atom is -0.303 e. The van der Waals surface area contributed by atoms with E-state index in [9.17, 15) is 4.79 Å². The van der Waals surface area contributed by atoms with E-state index >= 15 is 0 Å². The molecule has 2 unspecified atom stereocenters. The van der Waals surface area contributed by atoms with Gasteiger partial charge in [-0.1, -0.05) is 30.7 Å². The lowest BCUT2D eigenvalue weighted by Gasteiger charge is -2.06. The van der Waals surface area contributed by atoms with Crippen LogP contribution in [0.3, 0.4) is 0 Å². The average Bonchev–Trinajstić information content (AvgIpc) is 2.52. The van der Waals surface area contributed by atoms with Crippen LogP contribution in [0.4, 0.5) is 0 Å². The fraction of sp³-hybridized carbons (Fsp3) is 0.545. The molecule has 0 radical (unpaired) electrons. The van der Waals surface area contributed by atoms with Gasteiger partial charge in [0.15, 0.2) is 0 Å². The van der Waals surface area contributed by atoms with Gasteiger partial charge in [-0.15, -0.1) is 0 Å². The molecule has 1 aliphatic rings. The summed E-state index contributed by atoms with van der Waals surface area (Å²) in [5.41, 5.74) is 0. The second-order valence-electron chi connectivity index (χ2n) is 3.31. The molecule has 1 fully saturated rings. The van der Waals surface area contributed by atoms with E-state index in [1.807, 2.05) is 25.2 Å². The lowest BCUT2D eigenvalue weighted by atomic mass is 9.97. The molecule has 1 aliphatic carbocycles. The number of rotatable bonds is 3. The maximum absolute atomic E-state index is 10.6. The van der Waals surface area contributed by atoms with Gasteiger partial charge in [0.05, 0.1) is 0 Å². The van der Waals surface area contributed by atoms with Crippen LogP contribution in [0.5, 0.6) is 0 Å². The van der Waals surface area contributed by atoms with Crippen LogP contribution in [0.25, 0.3) is 0 Å². The van der Waals surface area contributed by atoms with E-state index < -0.39 is 0 Å². The van der Waals surface area contributed by atoms with Crippen molar-refractivity contribution in [3.05, 3.63) is 24.3 Å². The highest BCUT2D eigenvalue weighted by Crippen LogP contribution is 2.30. The first-order chi connectivity index (χ1) is 5.88. The normalized spacial score (nSPS) is 30.4. The third-order valence-electron chi connectivity index (χ3n) is 2.46. The molecule has 2 atom stereocenters. The minimum atomic E-state index is 0.284. The van der Waals surface area contributed by atoms with Crippen molar-refractivity contribution in [2.24, 2.45) is 11.8 Å². The molecule has 12 heavy (non-hydrogen) atoms. The Labute approximate surface area is 74.2 Å². The Morgan fingerprint density at radius 1 is 1.17 bits per heavy atom. The minimum absolute atomic E-state index is 0.284. The van der Waals surface area contributed by atoms with E-state index in [1.54, 1.807) is 0 Å². The van der Waals surface area contributed by atoms with Crippen molar-refractivity contribution in [3.8, 4) is 0 Å². The Morgan fingerprint density at radius 2 is 1.92 bits per heavy atom. The van der Waals surface area contributed by atoms with E-state index in [2.05, 4.69) is 6.08 Å². The highest BCUT2D eigenvalue weighted by atomic mass is 16.1. The van der Waals surface area contributed by atoms with Gasteiger partial charge in [0.1, 0.15) is 6.29 Å². The van der Waals surface area contributed by atoms with Crippen LogP contribution in [0.2, 0.25) is 0 Å². The topological polar surface area (TPSA) is 17.1 Å². The highest BCUT2D eigenvalue weighted by molar-refractivity contribution is 5.55. The maximum Gasteiger partial charge on any atom is 0.123 e. The van der Waals surface area contributed by atoms with Crippen molar-refractivity contribution >= 4 is 6.29 Å². The first-order valence-corrected chi connectivity index (χ1v) is 4.63. The van der Waals surface area contributed by atoms with Gasteiger partial charge in [0, 0.05) is 5.92 Å². The second-order valence-corrected chi connectivity index (χ2v) is 3.31. The third kappa shape index (κ3) is 2.33. The Bertz CT molecular complexity index is 191. The van der Waals surface area contributed by atoms with E-state index in [-0.39, 0.29) is 5.92 Å². The highest BCUT2D eigenvalue weighted by Gasteiger charge is 2.23. The summed E-state index contributed by atoms with van der Waals surface area (Å²) in [6, 6.07) is 0. The van der Waals surface area contributed by atoms with Crippen molar-refractivity contribution in [1.29, 1.82) is 0 Å². The van der Waals surface area contributed by atoms with Gasteiger partial charge in [-0.05, 0) is 25.7 Å². The van der Waals surface area contributed by atoms with Crippen LogP contribution < -0.4 is 0 Å². The fourth-order valence-electron chi connectivity index (χ4n) is 1.74. The molecule has 0 aromatic heterocycles. The number of hydrogen-bond donors (Lipinski definition) is 0. The second kappa shape index (κ2) is 4.91. The molecule has 0 aliphatic heterocycles. The molecule has 0 heterocycles. The first-order valence-electron chi connectivity index (χ1n) is 4.63. The number of allylic oxidation sites excluding steroid dienone is 4. The zero-order chi connectivity index (χ0) is 8.81. The van der Waals surface area contributed by atoms with Crippen molar-refractivity contribution in [3.63, 3.8) is 0 Å². The quantitative estimate of drug-likeness (QED) is 0.463. The van der Waals surface area contributed by atoms with Crippen molar-refractivity contribution in [1.82, 2.24) is 0 Å². The van der Waals surface area contributed by atoms with Crippen LogP contribution in [-0.2, 0) is 4.79 Å². The number of aldehydes is 1. The van der Waals surface area contributed by atoms with Crippen LogP contribution in [-0.4, -0.2) is 6.29 Å². The van der Waals surface area contributed by atoms with Gasteiger partial charge in [0.25, 0.3) is 0 Å². The standard InChI is InChI=1S/C11H16O/c1-2-3-4-6-10-7-5-8-11(10)9-12/h2-4,6,9-11H,5,7-8H2,1H3/b3-2+,6-4+. The van der Waals surface area contributed by atoms with Gasteiger partial charge >= 0.3 is 0 Å². The first kappa shape index (κ1) is 9.24. The Morgan fingerprint density at radius 3 is 2.58 bits per heavy atom. The SMILES string of the molecule is C/C=C/C=C/C1CCCC1C=O. The molecular formula is C11H16O. The number of carbonyl (C=O) groups excluding carboxylic acids is 1. The van der Waals surface area contributed by atoms with Gasteiger partial charge in [-0.3, -0.25) is 0 Å². The van der Waals surface area contributed by atoms with Gasteiger partial charge < -0.3 is 4.79 Å². The molecular weight excluding hydrogens is 148 g/mol. The predicted octanol–water partition coefficient (Wildman–Crippen LogP) is 2.73. The van der Waals surface area contributed by atoms with Crippen LogP contribution in [0.1, 0.15) is 26.2 Å². The van der Waals surface area contributed by atoms with Crippen molar-refractivity contribution in [2.75, 3.05) is 0 Å². The summed E-state index contributed by atoms with van der Waals surface area (Å²) in [7, 11) is 0. The van der Waals surface area contributed by atoms with Crippen molar-refractivity contribution in [2.45, 2.75) is 26.2 Å². The third-order valence-corrected chi connectivity index (χ3v) is 2.46. The maximum atomic E-state index is 10.6. The Kier molecular flexibility index (Phi) is 3.78. The van der Waals surface area contributed by atoms with Crippen molar-refractivity contribution < 1.29 is 4.79 Å². The van der Waals surface area contributed by atoms with E-state index in [1.165, 1.54) is 12.8 Å². The molecule has 1 heteroatoms. The number of hydrogen-bond acceptors (Lipinski definition) is 1. The predicted molar refractivity (Wildman–Crippen MR) is 50.8 cm³/mol. The van der Waals surface area contributed by atoms with Crippen LogP contribution in [0.15, 0.2) is 24.3 Å². The molecule has 0 bridgehead atoms. The van der Waals surface area contributed by atoms with E-state index in [0.29, 0.717) is 5.92 Å². The molecule has 0 amide bonds. The monoisotopic (exact) mass is 164 g/mol. The Balaban J connectivity index is 2.45. The van der Waals surface area contributed by atoms with E-state index in [0.717, 1.165) is 12.7 Å². The summed E-state index contributed by atoms with van der Waals surface area (Å²) in [5, 5.41) is 0. The Hall–Kier alpha value is -0.850. The molecule has 1 nitrogen and oxygen atoms in total. The molecule has 66 valence electrons. The zero-order valence-corrected chi connectivity index (χ0v) is 7.57. The summed E-state index contributed by atoms with van der Waals surface area (Å²) in [6.07, 6.45) is 12.8. The molecule has 0 saturated heterocycles. The smallest absolute Gasteiger partial charge is 0.123 e. The summed E-state index contributed by atoms with van der Waals surface area (Å²) in [5.74, 6) is 0.783. The zero-order valence-electron chi connectivity index (χ0n) is 7.57. The number of carbonyl (C=O) groups is 1. The summed E-state index contributed by atoms with van der Waals surface area (Å²) in [4.78, 5) is 10.6. The lowest BCUT2D eigenvalue weighted by Crippen LogP contribution is -2.05. The molecule has 0 spiro atoms. The van der Waals surface area contributed by atoms with Gasteiger partial charge in [-0.25, -0.2) is 0 Å². The van der Waals surface area contributed by atoms with Gasteiger partial charge in [0.2, 0.25) is 0 Å². The molecule has 1 saturated carbocycles. The lowest BCUT2D eigenvalue weighted by molar-refractivity contribution is -0.111. The molecule has 1 rings (SSSR count). The van der Waals surface area contributed by atoms with Crippen LogP contribution in [0, 0.1) is 11.8 Å². The molecule has 0 aromatic rings. The fourth-order valence-corrected chi connectivity index (χ4v) is 1.74. The average molecular weight is 164 g/mol. The largest absolute Gasteiger partial charge is 0.303 e. The summed E-state index contributed by atoms with van der Waals surface area (Å²) in [6.45, 7) is 2.00. The van der Waals surface area contributed by atoms with E-state index in [4.69, 9.17) is 0 Å². The molecule has 0 aromatic carbocycles. The van der Waals surface area contributed by atoms with Gasteiger partial charge in [-0.2, -0.15) is 0 Å². The summed E-state index contributed by atoms with van der Waals surface area (Å²) >= 11 is 0. The summed E-state index contributed by atoms with van der Waals surface area (Å²) < 4.78 is 0.